The fraction of sp³-hybridized carbons (Fsp3) is 0.625. The van der Waals surface area contributed by atoms with E-state index in [2.05, 4.69) is 23.6 Å². The molecule has 5 heteroatoms. The maximum atomic E-state index is 9.97. The van der Waals surface area contributed by atoms with Crippen molar-refractivity contribution in [3.63, 3.8) is 0 Å². The van der Waals surface area contributed by atoms with Crippen molar-refractivity contribution in [1.29, 1.82) is 0 Å². The summed E-state index contributed by atoms with van der Waals surface area (Å²) < 4.78 is 6.14. The Kier molecular flexibility index (Phi) is 10.9. The van der Waals surface area contributed by atoms with Crippen LogP contribution in [0.1, 0.15) is 94.6 Å². The Morgan fingerprint density at radius 2 is 1.51 bits per heavy atom. The van der Waals surface area contributed by atoms with Gasteiger partial charge in [0.2, 0.25) is 0 Å². The minimum absolute atomic E-state index is 0.174. The third-order valence-corrected chi connectivity index (χ3v) is 9.56. The summed E-state index contributed by atoms with van der Waals surface area (Å²) in [4.78, 5) is 2.66. The Morgan fingerprint density at radius 3 is 2.27 bits per heavy atom. The molecule has 2 aliphatic rings. The van der Waals surface area contributed by atoms with Crippen molar-refractivity contribution in [2.75, 3.05) is 37.7 Å². The number of aromatic hydroxyl groups is 2. The van der Waals surface area contributed by atoms with Crippen LogP contribution < -0.4 is 4.74 Å². The van der Waals surface area contributed by atoms with Crippen LogP contribution in [0.4, 0.5) is 0 Å². The van der Waals surface area contributed by atoms with E-state index in [1.165, 1.54) is 101 Å². The Balaban J connectivity index is 1.16. The molecule has 0 spiro atoms. The summed E-state index contributed by atoms with van der Waals surface area (Å²) in [5.74, 6) is 4.01. The molecule has 0 bridgehead atoms. The average Bonchev–Trinajstić information content (AvgIpc) is 2.91. The molecule has 204 valence electrons. The molecule has 37 heavy (non-hydrogen) atoms. The van der Waals surface area contributed by atoms with Crippen molar-refractivity contribution in [3.8, 4) is 17.2 Å². The number of thioether (sulfide) groups is 1. The highest BCUT2D eigenvalue weighted by Gasteiger charge is 2.42. The van der Waals surface area contributed by atoms with Gasteiger partial charge in [-0.25, -0.2) is 0 Å². The predicted octanol–water partition coefficient (Wildman–Crippen LogP) is 7.87. The zero-order valence-electron chi connectivity index (χ0n) is 22.8. The molecule has 0 saturated carbocycles. The molecule has 0 aromatic heterocycles. The monoisotopic (exact) mass is 525 g/mol. The maximum Gasteiger partial charge on any atom is 0.126 e. The van der Waals surface area contributed by atoms with Gasteiger partial charge in [-0.3, -0.25) is 0 Å². The topological polar surface area (TPSA) is 52.9 Å². The Morgan fingerprint density at radius 1 is 0.838 bits per heavy atom. The fourth-order valence-corrected chi connectivity index (χ4v) is 7.13. The lowest BCUT2D eigenvalue weighted by Gasteiger charge is -2.43. The lowest BCUT2D eigenvalue weighted by atomic mass is 9.67. The third kappa shape index (κ3) is 8.07. The summed E-state index contributed by atoms with van der Waals surface area (Å²) in [6.45, 7) is 6.83. The lowest BCUT2D eigenvalue weighted by molar-refractivity contribution is 0.166. The van der Waals surface area contributed by atoms with Crippen LogP contribution in [0.25, 0.3) is 0 Å². The van der Waals surface area contributed by atoms with Crippen LogP contribution in [0.3, 0.4) is 0 Å². The van der Waals surface area contributed by atoms with E-state index in [0.29, 0.717) is 18.3 Å². The molecule has 2 N–H and O–H groups in total. The fourth-order valence-electron chi connectivity index (χ4n) is 6.12. The highest BCUT2D eigenvalue weighted by molar-refractivity contribution is 7.99. The van der Waals surface area contributed by atoms with Crippen molar-refractivity contribution in [2.45, 2.75) is 88.9 Å². The standard InChI is InChI=1S/C32H47NO3S/c1-32(26-12-14-27(34)15-13-26)25-36-31-24-28(35)16-17-29(31)30(32)18-23-37-22-11-6-4-2-3-5-8-19-33-20-9-7-10-21-33/h12-17,24,30,34-35H,2-11,18-23,25H2,1H3. The van der Waals surface area contributed by atoms with E-state index in [1.807, 2.05) is 18.2 Å². The van der Waals surface area contributed by atoms with E-state index < -0.39 is 0 Å². The van der Waals surface area contributed by atoms with Crippen LogP contribution in [-0.4, -0.2) is 52.9 Å². The lowest BCUT2D eigenvalue weighted by Crippen LogP contribution is -2.40. The summed E-state index contributed by atoms with van der Waals surface area (Å²) >= 11 is 2.08. The van der Waals surface area contributed by atoms with Gasteiger partial charge in [-0.2, -0.15) is 11.8 Å². The van der Waals surface area contributed by atoms with Crippen molar-refractivity contribution < 1.29 is 14.9 Å². The van der Waals surface area contributed by atoms with Crippen LogP contribution in [-0.2, 0) is 5.41 Å². The Labute approximate surface area is 228 Å². The zero-order valence-corrected chi connectivity index (χ0v) is 23.6. The highest BCUT2D eigenvalue weighted by atomic mass is 32.2. The number of phenols is 2. The molecule has 2 heterocycles. The number of fused-ring (bicyclic) bond motifs is 1. The molecular weight excluding hydrogens is 478 g/mol. The maximum absolute atomic E-state index is 9.97. The number of benzene rings is 2. The first kappa shape index (κ1) is 28.2. The molecule has 1 fully saturated rings. The first-order valence-corrected chi connectivity index (χ1v) is 15.8. The number of likely N-dealkylation sites (tertiary alicyclic amines) is 1. The zero-order chi connectivity index (χ0) is 25.9. The second-order valence-electron chi connectivity index (χ2n) is 11.3. The summed E-state index contributed by atoms with van der Waals surface area (Å²) in [6.07, 6.45) is 14.9. The smallest absolute Gasteiger partial charge is 0.126 e. The Bertz CT molecular complexity index is 944. The summed E-state index contributed by atoms with van der Waals surface area (Å²) in [7, 11) is 0. The van der Waals surface area contributed by atoms with Gasteiger partial charge in [0, 0.05) is 17.4 Å². The molecule has 2 aliphatic heterocycles. The molecule has 0 aliphatic carbocycles. The molecule has 0 amide bonds. The van der Waals surface area contributed by atoms with Crippen LogP contribution in [0.15, 0.2) is 42.5 Å². The van der Waals surface area contributed by atoms with Crippen LogP contribution in [0.2, 0.25) is 0 Å². The normalized spacial score (nSPS) is 21.9. The van der Waals surface area contributed by atoms with Gasteiger partial charge in [-0.15, -0.1) is 0 Å². The molecule has 2 atom stereocenters. The van der Waals surface area contributed by atoms with E-state index in [1.54, 1.807) is 24.3 Å². The van der Waals surface area contributed by atoms with Gasteiger partial charge in [-0.1, -0.05) is 63.6 Å². The van der Waals surface area contributed by atoms with Crippen molar-refractivity contribution in [3.05, 3.63) is 53.6 Å². The van der Waals surface area contributed by atoms with Gasteiger partial charge in [-0.05, 0) is 92.6 Å². The van der Waals surface area contributed by atoms with Crippen molar-refractivity contribution in [1.82, 2.24) is 4.90 Å². The summed E-state index contributed by atoms with van der Waals surface area (Å²) in [5, 5.41) is 19.8. The predicted molar refractivity (Wildman–Crippen MR) is 156 cm³/mol. The minimum atomic E-state index is -0.174. The SMILES string of the molecule is CC1(c2ccc(O)cc2)COc2cc(O)ccc2C1CCSCCCCCCCCCN1CCCCC1. The molecule has 2 unspecified atom stereocenters. The number of phenolic OH excluding ortho intramolecular Hbond substituents is 2. The van der Waals surface area contributed by atoms with Crippen molar-refractivity contribution in [2.24, 2.45) is 0 Å². The second kappa shape index (κ2) is 14.3. The van der Waals surface area contributed by atoms with Crippen molar-refractivity contribution >= 4 is 11.8 Å². The van der Waals surface area contributed by atoms with E-state index in [9.17, 15) is 10.2 Å². The number of nitrogens with zero attached hydrogens (tertiary/aromatic N) is 1. The molecule has 0 radical (unpaired) electrons. The minimum Gasteiger partial charge on any atom is -0.508 e. The van der Waals surface area contributed by atoms with Gasteiger partial charge in [0.25, 0.3) is 0 Å². The van der Waals surface area contributed by atoms with Crippen LogP contribution in [0.5, 0.6) is 17.2 Å². The van der Waals surface area contributed by atoms with E-state index in [0.717, 1.165) is 17.9 Å². The summed E-state index contributed by atoms with van der Waals surface area (Å²) in [5.41, 5.74) is 2.20. The number of rotatable bonds is 14. The quantitative estimate of drug-likeness (QED) is 0.246. The van der Waals surface area contributed by atoms with Gasteiger partial charge in [0.1, 0.15) is 17.2 Å². The van der Waals surface area contributed by atoms with E-state index in [4.69, 9.17) is 4.74 Å². The van der Waals surface area contributed by atoms with Crippen LogP contribution in [0, 0.1) is 0 Å². The average molecular weight is 526 g/mol. The third-order valence-electron chi connectivity index (χ3n) is 8.46. The number of ether oxygens (including phenoxy) is 1. The molecule has 4 rings (SSSR count). The van der Waals surface area contributed by atoms with Gasteiger partial charge in [0.15, 0.2) is 0 Å². The highest BCUT2D eigenvalue weighted by Crippen LogP contribution is 2.49. The van der Waals surface area contributed by atoms with Gasteiger partial charge in [0.05, 0.1) is 6.61 Å². The van der Waals surface area contributed by atoms with Gasteiger partial charge >= 0.3 is 0 Å². The molecular formula is C32H47NO3S. The second-order valence-corrected chi connectivity index (χ2v) is 12.5. The van der Waals surface area contributed by atoms with E-state index in [-0.39, 0.29) is 11.2 Å². The molecule has 2 aromatic carbocycles. The molecule has 1 saturated heterocycles. The van der Waals surface area contributed by atoms with E-state index >= 15 is 0 Å². The Hall–Kier alpha value is -1.85. The molecule has 4 nitrogen and oxygen atoms in total. The number of hydrogen-bond donors (Lipinski definition) is 2. The largest absolute Gasteiger partial charge is 0.508 e. The number of piperidine rings is 1. The first-order valence-electron chi connectivity index (χ1n) is 14.6. The number of hydrogen-bond acceptors (Lipinski definition) is 5. The first-order chi connectivity index (χ1) is 18.1. The summed E-state index contributed by atoms with van der Waals surface area (Å²) in [6, 6.07) is 13.2. The number of unbranched alkanes of at least 4 members (excludes halogenated alkanes) is 6. The van der Waals surface area contributed by atoms with Gasteiger partial charge < -0.3 is 19.8 Å². The molecule has 2 aromatic rings. The van der Waals surface area contributed by atoms with Crippen LogP contribution >= 0.6 is 11.8 Å².